The number of carboxylic acids is 1. The molecule has 7 nitrogen and oxygen atoms in total. The highest BCUT2D eigenvalue weighted by Gasteiger charge is 2.50. The van der Waals surface area contributed by atoms with Crippen LogP contribution in [-0.4, -0.2) is 35.5 Å². The van der Waals surface area contributed by atoms with E-state index >= 15 is 0 Å². The summed E-state index contributed by atoms with van der Waals surface area (Å²) >= 11 is 0. The maximum atomic E-state index is 10.6. The van der Waals surface area contributed by atoms with Gasteiger partial charge in [-0.15, -0.1) is 0 Å². The van der Waals surface area contributed by atoms with Gasteiger partial charge in [0.2, 0.25) is 0 Å². The van der Waals surface area contributed by atoms with Gasteiger partial charge in [0.1, 0.15) is 5.97 Å². The summed E-state index contributed by atoms with van der Waals surface area (Å²) in [7, 11) is -3.49. The van der Waals surface area contributed by atoms with Gasteiger partial charge < -0.3 is 29.2 Å². The molecule has 0 radical (unpaired) electrons. The largest absolute Gasteiger partial charge is 0.544 e. The predicted molar refractivity (Wildman–Crippen MR) is 33.8 cm³/mol. The molecule has 0 unspecified atom stereocenters. The first-order valence-electron chi connectivity index (χ1n) is 2.69. The van der Waals surface area contributed by atoms with Crippen LogP contribution in [0.1, 0.15) is 0 Å². The molecular weight excluding hydrogens is 191 g/mol. The summed E-state index contributed by atoms with van der Waals surface area (Å²) in [5, 5.41) is 10.3. The van der Waals surface area contributed by atoms with Gasteiger partial charge in [0.05, 0.1) is 0 Å². The molecule has 0 aliphatic heterocycles. The molecule has 0 aromatic rings. The lowest BCUT2D eigenvalue weighted by molar-refractivity contribution is -0.340. The van der Waals surface area contributed by atoms with Crippen LogP contribution in [0.5, 0.6) is 0 Å². The van der Waals surface area contributed by atoms with Crippen LogP contribution in [-0.2, 0) is 18.8 Å². The molecule has 0 rings (SSSR count). The third kappa shape index (κ3) is 1.65. The second-order valence-corrected chi connectivity index (χ2v) is 3.50. The van der Waals surface area contributed by atoms with E-state index in [-0.39, 0.29) is 0 Å². The van der Waals surface area contributed by atoms with Gasteiger partial charge in [-0.25, -0.2) is 0 Å². The quantitative estimate of drug-likeness (QED) is 0.392. The topological polar surface area (TPSA) is 116 Å². The van der Waals surface area contributed by atoms with Gasteiger partial charge in [-0.3, -0.25) is 4.57 Å². The maximum Gasteiger partial charge on any atom is 0.390 e. The first-order chi connectivity index (χ1) is 5.31. The van der Waals surface area contributed by atoms with Crippen molar-refractivity contribution < 1.29 is 33.7 Å². The smallest absolute Gasteiger partial charge is 0.390 e. The van der Waals surface area contributed by atoms with E-state index < -0.39 is 19.1 Å². The Hall–Kier alpha value is -0.460. The van der Waals surface area contributed by atoms with Gasteiger partial charge in [0.15, 0.2) is 0 Å². The van der Waals surface area contributed by atoms with E-state index in [1.54, 1.807) is 0 Å². The molecule has 0 aromatic carbocycles. The molecule has 0 spiro atoms. The molecule has 0 aliphatic rings. The SMILES string of the molecule is COC(OC)(C(=O)[O-])P(=O)(O)O. The number of hydrogen-bond donors (Lipinski definition) is 2. The number of carboxylic acid groups (broad SMARTS) is 1. The Balaban J connectivity index is 5.12. The van der Waals surface area contributed by atoms with Crippen molar-refractivity contribution in [3.05, 3.63) is 0 Å². The van der Waals surface area contributed by atoms with Crippen molar-refractivity contribution in [2.45, 2.75) is 5.53 Å². The van der Waals surface area contributed by atoms with Crippen molar-refractivity contribution in [2.24, 2.45) is 0 Å². The average Bonchev–Trinajstić information content (AvgIpc) is 1.87. The Bertz CT molecular complexity index is 213. The van der Waals surface area contributed by atoms with E-state index in [1.807, 2.05) is 0 Å². The highest BCUT2D eigenvalue weighted by molar-refractivity contribution is 7.54. The molecule has 12 heavy (non-hydrogen) atoms. The van der Waals surface area contributed by atoms with Gasteiger partial charge >= 0.3 is 13.1 Å². The van der Waals surface area contributed by atoms with E-state index in [9.17, 15) is 14.5 Å². The van der Waals surface area contributed by atoms with E-state index in [0.29, 0.717) is 0 Å². The molecule has 0 saturated heterocycles. The molecule has 0 saturated carbocycles. The van der Waals surface area contributed by atoms with Crippen LogP contribution in [0.25, 0.3) is 0 Å². The monoisotopic (exact) mass is 199 g/mol. The van der Waals surface area contributed by atoms with Crippen LogP contribution in [0.15, 0.2) is 0 Å². The van der Waals surface area contributed by atoms with Gasteiger partial charge in [0.25, 0.3) is 0 Å². The van der Waals surface area contributed by atoms with Gasteiger partial charge in [-0.05, 0) is 0 Å². The van der Waals surface area contributed by atoms with Crippen molar-refractivity contribution >= 4 is 13.6 Å². The second-order valence-electron chi connectivity index (χ2n) is 1.82. The van der Waals surface area contributed by atoms with Crippen LogP contribution in [0.4, 0.5) is 0 Å². The van der Waals surface area contributed by atoms with E-state index in [2.05, 4.69) is 9.47 Å². The van der Waals surface area contributed by atoms with E-state index in [1.165, 1.54) is 0 Å². The number of aliphatic carboxylic acids is 1. The zero-order valence-corrected chi connectivity index (χ0v) is 7.28. The Morgan fingerprint density at radius 3 is 1.75 bits per heavy atom. The predicted octanol–water partition coefficient (Wildman–Crippen LogP) is -2.14. The molecule has 0 amide bonds. The normalized spacial score (nSPS) is 13.0. The Morgan fingerprint density at radius 2 is 1.75 bits per heavy atom. The number of rotatable bonds is 4. The minimum atomic E-state index is -5.07. The van der Waals surface area contributed by atoms with Gasteiger partial charge in [-0.2, -0.15) is 0 Å². The lowest BCUT2D eigenvalue weighted by atomic mass is 10.6. The molecule has 0 atom stereocenters. The lowest BCUT2D eigenvalue weighted by Crippen LogP contribution is -2.50. The number of hydrogen-bond acceptors (Lipinski definition) is 5. The summed E-state index contributed by atoms with van der Waals surface area (Å²) in [6.45, 7) is 0. The zero-order chi connectivity index (χ0) is 9.99. The van der Waals surface area contributed by atoms with Crippen LogP contribution < -0.4 is 5.11 Å². The molecule has 0 bridgehead atoms. The van der Waals surface area contributed by atoms with Crippen molar-refractivity contribution in [1.29, 1.82) is 0 Å². The van der Waals surface area contributed by atoms with Crippen LogP contribution in [0.3, 0.4) is 0 Å². The van der Waals surface area contributed by atoms with E-state index in [0.717, 1.165) is 14.2 Å². The fraction of sp³-hybridized carbons (Fsp3) is 0.750. The number of ether oxygens (including phenoxy) is 2. The highest BCUT2D eigenvalue weighted by atomic mass is 31.2. The molecule has 0 fully saturated rings. The van der Waals surface area contributed by atoms with Crippen LogP contribution >= 0.6 is 7.60 Å². The Labute approximate surface area is 68.1 Å². The fourth-order valence-corrected chi connectivity index (χ4v) is 1.32. The molecule has 2 N–H and O–H groups in total. The molecular formula is C4H8O7P-. The molecule has 0 aliphatic carbocycles. The number of carbonyl (C=O) groups excluding carboxylic acids is 1. The summed E-state index contributed by atoms with van der Waals surface area (Å²) in [5.41, 5.74) is -3.01. The first-order valence-corrected chi connectivity index (χ1v) is 4.30. The summed E-state index contributed by atoms with van der Waals surface area (Å²) in [5.74, 6) is -2.12. The summed E-state index contributed by atoms with van der Waals surface area (Å²) < 4.78 is 18.7. The Morgan fingerprint density at radius 1 is 1.42 bits per heavy atom. The third-order valence-corrected chi connectivity index (χ3v) is 2.51. The van der Waals surface area contributed by atoms with Gasteiger partial charge in [0, 0.05) is 14.2 Å². The minimum absolute atomic E-state index is 0.790. The van der Waals surface area contributed by atoms with E-state index in [4.69, 9.17) is 9.79 Å². The molecule has 8 heteroatoms. The summed E-state index contributed by atoms with van der Waals surface area (Å²) in [4.78, 5) is 27.4. The fourth-order valence-electron chi connectivity index (χ4n) is 0.607. The van der Waals surface area contributed by atoms with Crippen molar-refractivity contribution in [3.8, 4) is 0 Å². The van der Waals surface area contributed by atoms with Crippen LogP contribution in [0.2, 0.25) is 0 Å². The Kier molecular flexibility index (Phi) is 3.37. The number of carbonyl (C=O) groups is 1. The third-order valence-electron chi connectivity index (χ3n) is 1.19. The molecule has 0 aromatic heterocycles. The minimum Gasteiger partial charge on any atom is -0.544 e. The summed E-state index contributed by atoms with van der Waals surface area (Å²) in [6, 6.07) is 0. The zero-order valence-electron chi connectivity index (χ0n) is 6.38. The summed E-state index contributed by atoms with van der Waals surface area (Å²) in [6.07, 6.45) is 0. The lowest BCUT2D eigenvalue weighted by Gasteiger charge is -2.31. The van der Waals surface area contributed by atoms with Crippen molar-refractivity contribution in [1.82, 2.24) is 0 Å². The highest BCUT2D eigenvalue weighted by Crippen LogP contribution is 2.50. The van der Waals surface area contributed by atoms with Gasteiger partial charge in [-0.1, -0.05) is 0 Å². The first kappa shape index (κ1) is 11.5. The average molecular weight is 199 g/mol. The number of methoxy groups -OCH3 is 2. The maximum absolute atomic E-state index is 10.6. The van der Waals surface area contributed by atoms with Crippen molar-refractivity contribution in [2.75, 3.05) is 14.2 Å². The molecule has 72 valence electrons. The molecule has 0 heterocycles. The standard InChI is InChI=1S/C4H9O7P/c1-10-4(11-2,3(5)6)12(7,8)9/h1-2H3,(H,5,6)(H2,7,8,9)/p-1. The second kappa shape index (κ2) is 3.51. The van der Waals surface area contributed by atoms with Crippen LogP contribution in [0, 0.1) is 0 Å². The van der Waals surface area contributed by atoms with Crippen molar-refractivity contribution in [3.63, 3.8) is 0 Å².